The first kappa shape index (κ1) is 22.8. The SMILES string of the molecule is CCCCNCCOc1ccc(C(=O)c2c(-c3ccc(O)cc3)sc3ccc(O)cc23)cc1. The number of nitrogens with one attached hydrogen (secondary N) is 1. The fraction of sp³-hybridized carbons (Fsp3) is 0.222. The third-order valence-electron chi connectivity index (χ3n) is 5.40. The molecule has 4 aromatic rings. The number of aromatic hydroxyl groups is 2. The number of ketones is 1. The quantitative estimate of drug-likeness (QED) is 0.200. The summed E-state index contributed by atoms with van der Waals surface area (Å²) in [6.07, 6.45) is 2.31. The second-order valence-corrected chi connectivity index (χ2v) is 8.89. The number of rotatable bonds is 10. The predicted molar refractivity (Wildman–Crippen MR) is 134 cm³/mol. The maximum Gasteiger partial charge on any atom is 0.195 e. The highest BCUT2D eigenvalue weighted by molar-refractivity contribution is 7.22. The molecule has 0 saturated heterocycles. The number of hydrogen-bond donors (Lipinski definition) is 3. The topological polar surface area (TPSA) is 78.8 Å². The van der Waals surface area contributed by atoms with Crippen LogP contribution in [-0.4, -0.2) is 35.7 Å². The number of phenols is 2. The molecular formula is C27H27NO4S. The third-order valence-corrected chi connectivity index (χ3v) is 6.62. The molecule has 1 aromatic heterocycles. The van der Waals surface area contributed by atoms with E-state index < -0.39 is 0 Å². The van der Waals surface area contributed by atoms with Crippen LogP contribution < -0.4 is 10.1 Å². The van der Waals surface area contributed by atoms with Crippen molar-refractivity contribution in [2.45, 2.75) is 19.8 Å². The van der Waals surface area contributed by atoms with Crippen molar-refractivity contribution in [1.82, 2.24) is 5.32 Å². The lowest BCUT2D eigenvalue weighted by atomic mass is 9.97. The largest absolute Gasteiger partial charge is 0.508 e. The van der Waals surface area contributed by atoms with Crippen molar-refractivity contribution in [3.63, 3.8) is 0 Å². The fourth-order valence-corrected chi connectivity index (χ4v) is 4.83. The number of carbonyl (C=O) groups is 1. The van der Waals surface area contributed by atoms with Gasteiger partial charge in [-0.05, 0) is 85.3 Å². The summed E-state index contributed by atoms with van der Waals surface area (Å²) in [5, 5.41) is 23.8. The molecule has 0 aliphatic rings. The Kier molecular flexibility index (Phi) is 7.27. The molecule has 4 rings (SSSR count). The van der Waals surface area contributed by atoms with E-state index in [0.717, 1.165) is 46.8 Å². The van der Waals surface area contributed by atoms with Crippen LogP contribution in [0, 0.1) is 0 Å². The molecule has 5 nitrogen and oxygen atoms in total. The van der Waals surface area contributed by atoms with Crippen molar-refractivity contribution >= 4 is 27.2 Å². The smallest absolute Gasteiger partial charge is 0.195 e. The van der Waals surface area contributed by atoms with Gasteiger partial charge in [-0.3, -0.25) is 4.79 Å². The number of unbranched alkanes of at least 4 members (excludes halogenated alkanes) is 1. The maximum atomic E-state index is 13.6. The first-order chi connectivity index (χ1) is 16.1. The highest BCUT2D eigenvalue weighted by atomic mass is 32.1. The highest BCUT2D eigenvalue weighted by Gasteiger charge is 2.22. The maximum absolute atomic E-state index is 13.6. The molecule has 0 radical (unpaired) electrons. The van der Waals surface area contributed by atoms with Gasteiger partial charge in [-0.1, -0.05) is 13.3 Å². The minimum absolute atomic E-state index is 0.114. The van der Waals surface area contributed by atoms with Gasteiger partial charge in [0.25, 0.3) is 0 Å². The molecule has 33 heavy (non-hydrogen) atoms. The number of phenolic OH excluding ortho intramolecular Hbond substituents is 2. The minimum Gasteiger partial charge on any atom is -0.508 e. The zero-order valence-corrected chi connectivity index (χ0v) is 19.3. The monoisotopic (exact) mass is 461 g/mol. The Balaban J connectivity index is 1.59. The van der Waals surface area contributed by atoms with Crippen molar-refractivity contribution < 1.29 is 19.7 Å². The van der Waals surface area contributed by atoms with Gasteiger partial charge in [-0.15, -0.1) is 11.3 Å². The Bertz CT molecular complexity index is 1230. The minimum atomic E-state index is -0.122. The van der Waals surface area contributed by atoms with Gasteiger partial charge in [0.05, 0.1) is 0 Å². The summed E-state index contributed by atoms with van der Waals surface area (Å²) >= 11 is 1.49. The Morgan fingerprint density at radius 2 is 1.67 bits per heavy atom. The Hall–Kier alpha value is -3.35. The van der Waals surface area contributed by atoms with Gasteiger partial charge >= 0.3 is 0 Å². The van der Waals surface area contributed by atoms with E-state index in [1.165, 1.54) is 11.3 Å². The molecule has 0 spiro atoms. The van der Waals surface area contributed by atoms with Crippen LogP contribution in [0.4, 0.5) is 0 Å². The van der Waals surface area contributed by atoms with Crippen molar-refractivity contribution in [3.8, 4) is 27.7 Å². The number of fused-ring (bicyclic) bond motifs is 1. The van der Waals surface area contributed by atoms with E-state index in [0.29, 0.717) is 23.1 Å². The summed E-state index contributed by atoms with van der Waals surface area (Å²) in [4.78, 5) is 14.4. The van der Waals surface area contributed by atoms with E-state index >= 15 is 0 Å². The van der Waals surface area contributed by atoms with Gasteiger partial charge in [0.1, 0.15) is 23.9 Å². The first-order valence-corrected chi connectivity index (χ1v) is 11.9. The predicted octanol–water partition coefficient (Wildman–Crippen LogP) is 5.98. The Labute approximate surface area is 197 Å². The Morgan fingerprint density at radius 1 is 0.939 bits per heavy atom. The lowest BCUT2D eigenvalue weighted by Crippen LogP contribution is -2.21. The zero-order chi connectivity index (χ0) is 23.2. The molecule has 0 saturated carbocycles. The van der Waals surface area contributed by atoms with Crippen LogP contribution in [-0.2, 0) is 0 Å². The molecular weight excluding hydrogens is 434 g/mol. The van der Waals surface area contributed by atoms with Gasteiger partial charge in [-0.25, -0.2) is 0 Å². The van der Waals surface area contributed by atoms with Gasteiger partial charge in [0, 0.05) is 32.6 Å². The van der Waals surface area contributed by atoms with Gasteiger partial charge < -0.3 is 20.3 Å². The summed E-state index contributed by atoms with van der Waals surface area (Å²) in [6.45, 7) is 4.49. The summed E-state index contributed by atoms with van der Waals surface area (Å²) < 4.78 is 6.69. The molecule has 3 N–H and O–H groups in total. The van der Waals surface area contributed by atoms with E-state index in [1.807, 2.05) is 18.2 Å². The number of thiophene rings is 1. The zero-order valence-electron chi connectivity index (χ0n) is 18.5. The lowest BCUT2D eigenvalue weighted by Gasteiger charge is -2.09. The van der Waals surface area contributed by atoms with E-state index in [4.69, 9.17) is 4.74 Å². The first-order valence-electron chi connectivity index (χ1n) is 11.1. The van der Waals surface area contributed by atoms with Crippen molar-refractivity contribution in [1.29, 1.82) is 0 Å². The molecule has 170 valence electrons. The van der Waals surface area contributed by atoms with Crippen molar-refractivity contribution in [3.05, 3.63) is 77.9 Å². The fourth-order valence-electron chi connectivity index (χ4n) is 3.64. The van der Waals surface area contributed by atoms with E-state index in [9.17, 15) is 15.0 Å². The normalized spacial score (nSPS) is 11.1. The van der Waals surface area contributed by atoms with Crippen LogP contribution in [0.1, 0.15) is 35.7 Å². The molecule has 1 heterocycles. The van der Waals surface area contributed by atoms with Crippen LogP contribution in [0.2, 0.25) is 0 Å². The number of ether oxygens (including phenoxy) is 1. The summed E-state index contributed by atoms with van der Waals surface area (Å²) in [7, 11) is 0. The lowest BCUT2D eigenvalue weighted by molar-refractivity contribution is 0.104. The van der Waals surface area contributed by atoms with Crippen LogP contribution in [0.3, 0.4) is 0 Å². The molecule has 0 bridgehead atoms. The number of benzene rings is 3. The Morgan fingerprint density at radius 3 is 2.39 bits per heavy atom. The van der Waals surface area contributed by atoms with Crippen LogP contribution in [0.5, 0.6) is 17.2 Å². The second kappa shape index (κ2) is 10.5. The van der Waals surface area contributed by atoms with Crippen LogP contribution in [0.15, 0.2) is 66.7 Å². The third kappa shape index (κ3) is 5.35. The molecule has 0 amide bonds. The molecule has 6 heteroatoms. The van der Waals surface area contributed by atoms with E-state index in [-0.39, 0.29) is 17.3 Å². The number of carbonyl (C=O) groups excluding carboxylic acids is 1. The number of hydrogen-bond acceptors (Lipinski definition) is 6. The average Bonchev–Trinajstić information content (AvgIpc) is 3.20. The van der Waals surface area contributed by atoms with Crippen molar-refractivity contribution in [2.75, 3.05) is 19.7 Å². The van der Waals surface area contributed by atoms with E-state index in [2.05, 4.69) is 12.2 Å². The molecule has 0 atom stereocenters. The van der Waals surface area contributed by atoms with Gasteiger partial charge in [0.15, 0.2) is 5.78 Å². The highest BCUT2D eigenvalue weighted by Crippen LogP contribution is 2.41. The van der Waals surface area contributed by atoms with E-state index in [1.54, 1.807) is 48.5 Å². The van der Waals surface area contributed by atoms with Crippen LogP contribution >= 0.6 is 11.3 Å². The average molecular weight is 462 g/mol. The molecule has 0 unspecified atom stereocenters. The molecule has 3 aromatic carbocycles. The van der Waals surface area contributed by atoms with Gasteiger partial charge in [0.2, 0.25) is 0 Å². The second-order valence-electron chi connectivity index (χ2n) is 7.84. The molecule has 0 aliphatic carbocycles. The summed E-state index contributed by atoms with van der Waals surface area (Å²) in [5.41, 5.74) is 1.93. The van der Waals surface area contributed by atoms with Crippen LogP contribution in [0.25, 0.3) is 20.5 Å². The molecule has 0 fully saturated rings. The summed E-state index contributed by atoms with van der Waals surface area (Å²) in [6, 6.07) is 19.0. The van der Waals surface area contributed by atoms with Gasteiger partial charge in [-0.2, -0.15) is 0 Å². The molecule has 0 aliphatic heterocycles. The summed E-state index contributed by atoms with van der Waals surface area (Å²) in [5.74, 6) is 0.877. The standard InChI is InChI=1S/C27H27NO4S/c1-2-3-14-28-15-16-32-22-11-6-18(7-12-22)26(31)25-23-17-21(30)10-13-24(23)33-27(25)19-4-8-20(29)9-5-19/h4-13,17,28-30H,2-3,14-16H2,1H3. The van der Waals surface area contributed by atoms with Crippen molar-refractivity contribution in [2.24, 2.45) is 0 Å².